The molecule has 3 N–H and O–H groups in total. The van der Waals surface area contributed by atoms with Gasteiger partial charge >= 0.3 is 0 Å². The number of unbranched alkanes of at least 4 members (excludes halogenated alkanes) is 1. The van der Waals surface area contributed by atoms with Crippen molar-refractivity contribution in [1.29, 1.82) is 0 Å². The Labute approximate surface area is 103 Å². The summed E-state index contributed by atoms with van der Waals surface area (Å²) in [6, 6.07) is 0.397. The van der Waals surface area contributed by atoms with E-state index in [0.29, 0.717) is 24.3 Å². The lowest BCUT2D eigenvalue weighted by Gasteiger charge is -2.30. The van der Waals surface area contributed by atoms with E-state index in [0.717, 1.165) is 19.3 Å². The highest BCUT2D eigenvalue weighted by atomic mass is 32.2. The first kappa shape index (κ1) is 13.8. The fourth-order valence-corrected chi connectivity index (χ4v) is 3.19. The number of rotatable bonds is 6. The molecule has 1 amide bonds. The van der Waals surface area contributed by atoms with Crippen molar-refractivity contribution < 1.29 is 4.79 Å². The molecule has 3 nitrogen and oxygen atoms in total. The minimum Gasteiger partial charge on any atom is -0.352 e. The highest BCUT2D eigenvalue weighted by Crippen LogP contribution is 2.27. The van der Waals surface area contributed by atoms with Gasteiger partial charge in [0.2, 0.25) is 5.91 Å². The fraction of sp³-hybridized carbons (Fsp3) is 0.917. The van der Waals surface area contributed by atoms with E-state index in [-0.39, 0.29) is 5.91 Å². The summed E-state index contributed by atoms with van der Waals surface area (Å²) in [4.78, 5) is 11.7. The number of nitrogens with one attached hydrogen (secondary N) is 1. The van der Waals surface area contributed by atoms with E-state index in [1.165, 1.54) is 19.3 Å². The van der Waals surface area contributed by atoms with Gasteiger partial charge in [0.25, 0.3) is 0 Å². The predicted molar refractivity (Wildman–Crippen MR) is 70.6 cm³/mol. The fourth-order valence-electron chi connectivity index (χ4n) is 2.25. The topological polar surface area (TPSA) is 55.1 Å². The molecule has 1 aliphatic carbocycles. The van der Waals surface area contributed by atoms with Crippen LogP contribution in [-0.4, -0.2) is 30.0 Å². The summed E-state index contributed by atoms with van der Waals surface area (Å²) in [7, 11) is 0. The van der Waals surface area contributed by atoms with Crippen molar-refractivity contribution in [1.82, 2.24) is 5.32 Å². The molecule has 2 unspecified atom stereocenters. The van der Waals surface area contributed by atoms with Crippen LogP contribution in [0.1, 0.15) is 44.9 Å². The zero-order valence-electron chi connectivity index (χ0n) is 10.2. The Kier molecular flexibility index (Phi) is 6.88. The minimum atomic E-state index is 0.208. The first-order chi connectivity index (χ1) is 7.77. The molecule has 0 spiro atoms. The van der Waals surface area contributed by atoms with Crippen LogP contribution in [0.4, 0.5) is 0 Å². The molecule has 0 aliphatic heterocycles. The van der Waals surface area contributed by atoms with Gasteiger partial charge in [0.05, 0.1) is 0 Å². The second-order valence-electron chi connectivity index (χ2n) is 4.48. The molecule has 1 fully saturated rings. The monoisotopic (exact) mass is 244 g/mol. The van der Waals surface area contributed by atoms with E-state index in [1.807, 2.05) is 11.8 Å². The molecule has 0 bridgehead atoms. The Bertz CT molecular complexity index is 211. The van der Waals surface area contributed by atoms with Crippen molar-refractivity contribution in [2.75, 3.05) is 12.8 Å². The first-order valence-electron chi connectivity index (χ1n) is 6.30. The van der Waals surface area contributed by atoms with E-state index in [1.54, 1.807) is 0 Å². The molecule has 0 radical (unpaired) electrons. The average Bonchev–Trinajstić information content (AvgIpc) is 2.30. The van der Waals surface area contributed by atoms with Gasteiger partial charge in [-0.15, -0.1) is 0 Å². The minimum absolute atomic E-state index is 0.208. The summed E-state index contributed by atoms with van der Waals surface area (Å²) in [5, 5.41) is 3.80. The standard InChI is InChI=1S/C12H24N2OS/c1-16-11-7-3-2-6-10(11)14-12(15)8-4-5-9-13/h10-11H,2-9,13H2,1H3,(H,14,15). The highest BCUT2D eigenvalue weighted by molar-refractivity contribution is 7.99. The third-order valence-corrected chi connectivity index (χ3v) is 4.38. The molecule has 0 aromatic heterocycles. The lowest BCUT2D eigenvalue weighted by Crippen LogP contribution is -2.43. The van der Waals surface area contributed by atoms with E-state index in [4.69, 9.17) is 5.73 Å². The Balaban J connectivity index is 2.25. The molecule has 16 heavy (non-hydrogen) atoms. The SMILES string of the molecule is CSC1CCCCC1NC(=O)CCCCN. The number of carbonyl (C=O) groups excluding carboxylic acids is 1. The van der Waals surface area contributed by atoms with Gasteiger partial charge in [0, 0.05) is 17.7 Å². The first-order valence-corrected chi connectivity index (χ1v) is 7.59. The number of hydrogen-bond donors (Lipinski definition) is 2. The molecular weight excluding hydrogens is 220 g/mol. The Morgan fingerprint density at radius 1 is 1.38 bits per heavy atom. The summed E-state index contributed by atoms with van der Waals surface area (Å²) in [6.45, 7) is 0.685. The smallest absolute Gasteiger partial charge is 0.220 e. The van der Waals surface area contributed by atoms with Crippen LogP contribution < -0.4 is 11.1 Å². The summed E-state index contributed by atoms with van der Waals surface area (Å²) in [5.41, 5.74) is 5.41. The number of amides is 1. The molecule has 1 rings (SSSR count). The van der Waals surface area contributed by atoms with Gasteiger partial charge < -0.3 is 11.1 Å². The lowest BCUT2D eigenvalue weighted by molar-refractivity contribution is -0.122. The Morgan fingerprint density at radius 3 is 2.81 bits per heavy atom. The van der Waals surface area contributed by atoms with Crippen LogP contribution in [0.15, 0.2) is 0 Å². The molecule has 0 aromatic rings. The number of hydrogen-bond acceptors (Lipinski definition) is 3. The largest absolute Gasteiger partial charge is 0.352 e. The molecule has 94 valence electrons. The average molecular weight is 244 g/mol. The van der Waals surface area contributed by atoms with Crippen LogP contribution in [0, 0.1) is 0 Å². The molecule has 1 aliphatic rings. The van der Waals surface area contributed by atoms with Crippen molar-refractivity contribution >= 4 is 17.7 Å². The van der Waals surface area contributed by atoms with Crippen LogP contribution in [-0.2, 0) is 4.79 Å². The van der Waals surface area contributed by atoms with Crippen molar-refractivity contribution in [3.8, 4) is 0 Å². The zero-order valence-corrected chi connectivity index (χ0v) is 11.0. The quantitative estimate of drug-likeness (QED) is 0.702. The second kappa shape index (κ2) is 7.96. The molecular formula is C12H24N2OS. The maximum Gasteiger partial charge on any atom is 0.220 e. The third kappa shape index (κ3) is 4.74. The zero-order chi connectivity index (χ0) is 11.8. The number of thioether (sulfide) groups is 1. The van der Waals surface area contributed by atoms with Gasteiger partial charge in [0.1, 0.15) is 0 Å². The molecule has 2 atom stereocenters. The van der Waals surface area contributed by atoms with E-state index in [2.05, 4.69) is 11.6 Å². The molecule has 0 saturated heterocycles. The number of nitrogens with two attached hydrogens (primary N) is 1. The molecule has 1 saturated carbocycles. The second-order valence-corrected chi connectivity index (χ2v) is 5.56. The molecule has 0 aromatic carbocycles. The predicted octanol–water partition coefficient (Wildman–Crippen LogP) is 1.91. The van der Waals surface area contributed by atoms with Gasteiger partial charge in [-0.2, -0.15) is 11.8 Å². The summed E-state index contributed by atoms with van der Waals surface area (Å²) < 4.78 is 0. The summed E-state index contributed by atoms with van der Waals surface area (Å²) >= 11 is 1.89. The van der Waals surface area contributed by atoms with E-state index >= 15 is 0 Å². The molecule has 4 heteroatoms. The van der Waals surface area contributed by atoms with Crippen molar-refractivity contribution in [3.05, 3.63) is 0 Å². The van der Waals surface area contributed by atoms with E-state index < -0.39 is 0 Å². The van der Waals surface area contributed by atoms with Gasteiger partial charge in [-0.05, 0) is 38.5 Å². The molecule has 0 heterocycles. The van der Waals surface area contributed by atoms with Gasteiger partial charge in [-0.25, -0.2) is 0 Å². The van der Waals surface area contributed by atoms with E-state index in [9.17, 15) is 4.79 Å². The highest BCUT2D eigenvalue weighted by Gasteiger charge is 2.25. The third-order valence-electron chi connectivity index (χ3n) is 3.21. The lowest BCUT2D eigenvalue weighted by atomic mass is 9.94. The van der Waals surface area contributed by atoms with Crippen molar-refractivity contribution in [2.45, 2.75) is 56.2 Å². The van der Waals surface area contributed by atoms with Gasteiger partial charge in [0.15, 0.2) is 0 Å². The van der Waals surface area contributed by atoms with Crippen LogP contribution in [0.25, 0.3) is 0 Å². The van der Waals surface area contributed by atoms with Crippen LogP contribution in [0.2, 0.25) is 0 Å². The van der Waals surface area contributed by atoms with Gasteiger partial charge in [-0.1, -0.05) is 12.8 Å². The summed E-state index contributed by atoms with van der Waals surface area (Å²) in [5.74, 6) is 0.208. The van der Waals surface area contributed by atoms with Crippen molar-refractivity contribution in [3.63, 3.8) is 0 Å². The van der Waals surface area contributed by atoms with Gasteiger partial charge in [-0.3, -0.25) is 4.79 Å². The normalized spacial score (nSPS) is 25.4. The van der Waals surface area contributed by atoms with Crippen molar-refractivity contribution in [2.24, 2.45) is 5.73 Å². The van der Waals surface area contributed by atoms with Crippen LogP contribution in [0.3, 0.4) is 0 Å². The van der Waals surface area contributed by atoms with Crippen LogP contribution >= 0.6 is 11.8 Å². The van der Waals surface area contributed by atoms with Crippen LogP contribution in [0.5, 0.6) is 0 Å². The summed E-state index contributed by atoms with van der Waals surface area (Å²) in [6.07, 6.45) is 9.60. The Hall–Kier alpha value is -0.220. The maximum absolute atomic E-state index is 11.7. The Morgan fingerprint density at radius 2 is 2.12 bits per heavy atom. The maximum atomic E-state index is 11.7. The number of carbonyl (C=O) groups is 1.